The van der Waals surface area contributed by atoms with Gasteiger partial charge in [-0.05, 0) is 61.7 Å². The summed E-state index contributed by atoms with van der Waals surface area (Å²) in [5, 5.41) is 4.03. The lowest BCUT2D eigenvalue weighted by Gasteiger charge is -2.32. The van der Waals surface area contributed by atoms with Gasteiger partial charge in [-0.1, -0.05) is 77.3 Å². The number of benzene rings is 3. The number of hydrogen-bond donors (Lipinski definition) is 1. The minimum atomic E-state index is -3.73. The molecule has 2 amide bonds. The lowest BCUT2D eigenvalue weighted by molar-refractivity contribution is -0.141. The normalized spacial score (nSPS) is 12.2. The van der Waals surface area contributed by atoms with Crippen LogP contribution in [0.3, 0.4) is 0 Å². The highest BCUT2D eigenvalue weighted by Gasteiger charge is 2.31. The maximum atomic E-state index is 13.8. The first kappa shape index (κ1) is 32.7. The van der Waals surface area contributed by atoms with Crippen LogP contribution in [0.5, 0.6) is 0 Å². The maximum absolute atomic E-state index is 13.8. The zero-order valence-corrected chi connectivity index (χ0v) is 26.3. The molecule has 0 bridgehead atoms. The average molecular weight is 639 g/mol. The molecule has 7 nitrogen and oxygen atoms in total. The molecule has 11 heteroatoms. The van der Waals surface area contributed by atoms with Gasteiger partial charge in [-0.3, -0.25) is 13.9 Å². The molecule has 3 rings (SSSR count). The van der Waals surface area contributed by atoms with Crippen molar-refractivity contribution in [1.29, 1.82) is 0 Å². The van der Waals surface area contributed by atoms with Crippen molar-refractivity contribution in [3.63, 3.8) is 0 Å². The van der Waals surface area contributed by atoms with Gasteiger partial charge in [0, 0.05) is 42.0 Å². The Morgan fingerprint density at radius 1 is 0.878 bits per heavy atom. The highest BCUT2D eigenvalue weighted by molar-refractivity contribution is 7.92. The van der Waals surface area contributed by atoms with E-state index in [1.807, 2.05) is 50.2 Å². The lowest BCUT2D eigenvalue weighted by Crippen LogP contribution is -2.51. The predicted octanol–water partition coefficient (Wildman–Crippen LogP) is 6.36. The van der Waals surface area contributed by atoms with Crippen molar-refractivity contribution in [2.75, 3.05) is 17.1 Å². The number of hydrogen-bond acceptors (Lipinski definition) is 4. The number of amides is 2. The quantitative estimate of drug-likeness (QED) is 0.236. The largest absolute Gasteiger partial charge is 0.352 e. The van der Waals surface area contributed by atoms with Crippen LogP contribution in [-0.2, 0) is 32.6 Å². The molecular weight excluding hydrogens is 605 g/mol. The topological polar surface area (TPSA) is 86.8 Å². The van der Waals surface area contributed by atoms with E-state index in [4.69, 9.17) is 34.8 Å². The monoisotopic (exact) mass is 637 g/mol. The number of nitrogens with one attached hydrogen (secondary N) is 1. The first-order chi connectivity index (χ1) is 19.3. The molecule has 0 fully saturated rings. The third-order valence-corrected chi connectivity index (χ3v) is 8.24. The molecule has 0 aliphatic carbocycles. The molecule has 0 radical (unpaired) electrons. The van der Waals surface area contributed by atoms with Gasteiger partial charge in [-0.25, -0.2) is 8.42 Å². The zero-order valence-electron chi connectivity index (χ0n) is 23.2. The van der Waals surface area contributed by atoms with Gasteiger partial charge in [0.15, 0.2) is 0 Å². The summed E-state index contributed by atoms with van der Waals surface area (Å²) < 4.78 is 26.4. The Balaban J connectivity index is 1.90. The van der Waals surface area contributed by atoms with E-state index >= 15 is 0 Å². The van der Waals surface area contributed by atoms with Crippen LogP contribution in [0.1, 0.15) is 37.8 Å². The van der Waals surface area contributed by atoms with Crippen molar-refractivity contribution in [3.8, 4) is 0 Å². The van der Waals surface area contributed by atoms with Gasteiger partial charge in [0.05, 0.1) is 17.0 Å². The van der Waals surface area contributed by atoms with Crippen molar-refractivity contribution in [2.45, 2.75) is 51.7 Å². The Bertz CT molecular complexity index is 1450. The summed E-state index contributed by atoms with van der Waals surface area (Å²) in [6.45, 7) is 3.87. The third-order valence-electron chi connectivity index (χ3n) is 6.27. The molecule has 0 aliphatic heterocycles. The summed E-state index contributed by atoms with van der Waals surface area (Å²) in [5.74, 6) is -0.571. The van der Waals surface area contributed by atoms with E-state index in [9.17, 15) is 18.0 Å². The van der Waals surface area contributed by atoms with Gasteiger partial charge in [-0.2, -0.15) is 0 Å². The fraction of sp³-hybridized carbons (Fsp3) is 0.333. The van der Waals surface area contributed by atoms with Gasteiger partial charge in [-0.15, -0.1) is 0 Å². The number of sulfonamides is 1. The molecule has 1 atom stereocenters. The molecule has 0 saturated heterocycles. The van der Waals surface area contributed by atoms with Crippen LogP contribution < -0.4 is 9.62 Å². The Labute approximate surface area is 257 Å². The minimum absolute atomic E-state index is 0.00279. The van der Waals surface area contributed by atoms with E-state index in [0.29, 0.717) is 16.5 Å². The Morgan fingerprint density at radius 2 is 1.54 bits per heavy atom. The van der Waals surface area contributed by atoms with Crippen LogP contribution in [0.15, 0.2) is 72.8 Å². The Morgan fingerprint density at radius 3 is 2.17 bits per heavy atom. The molecule has 1 unspecified atom stereocenters. The summed E-state index contributed by atoms with van der Waals surface area (Å²) in [4.78, 5) is 28.9. The van der Waals surface area contributed by atoms with Crippen LogP contribution in [0.25, 0.3) is 0 Å². The fourth-order valence-corrected chi connectivity index (χ4v) is 6.04. The number of carbonyl (C=O) groups excluding carboxylic acids is 2. The number of anilines is 1. The number of rotatable bonds is 13. The van der Waals surface area contributed by atoms with E-state index in [1.165, 1.54) is 12.1 Å². The van der Waals surface area contributed by atoms with Crippen molar-refractivity contribution in [2.24, 2.45) is 0 Å². The van der Waals surface area contributed by atoms with Gasteiger partial charge < -0.3 is 10.2 Å². The first-order valence-electron chi connectivity index (χ1n) is 13.2. The van der Waals surface area contributed by atoms with Gasteiger partial charge >= 0.3 is 0 Å². The van der Waals surface area contributed by atoms with E-state index in [2.05, 4.69) is 5.32 Å². The van der Waals surface area contributed by atoms with Crippen molar-refractivity contribution in [1.82, 2.24) is 10.2 Å². The highest BCUT2D eigenvalue weighted by Crippen LogP contribution is 2.31. The van der Waals surface area contributed by atoms with Crippen LogP contribution >= 0.6 is 34.8 Å². The van der Waals surface area contributed by atoms with E-state index in [-0.39, 0.29) is 54.5 Å². The SMILES string of the molecule is CC(C)NC(=O)C(Cc1ccccc1)N(Cc1cccc(Cl)c1)C(=O)CCCN(c1cc(Cl)ccc1Cl)S(C)(=O)=O. The molecule has 3 aromatic rings. The Hall–Kier alpha value is -2.78. The van der Waals surface area contributed by atoms with Crippen molar-refractivity contribution < 1.29 is 18.0 Å². The molecule has 0 aromatic heterocycles. The van der Waals surface area contributed by atoms with Gasteiger partial charge in [0.2, 0.25) is 21.8 Å². The second-order valence-electron chi connectivity index (χ2n) is 10.1. The molecule has 0 saturated carbocycles. The number of halogens is 3. The van der Waals surface area contributed by atoms with E-state index in [1.54, 1.807) is 29.2 Å². The number of carbonyl (C=O) groups is 2. The minimum Gasteiger partial charge on any atom is -0.352 e. The van der Waals surface area contributed by atoms with Crippen molar-refractivity contribution >= 4 is 62.3 Å². The predicted molar refractivity (Wildman–Crippen MR) is 167 cm³/mol. The van der Waals surface area contributed by atoms with Crippen LogP contribution in [-0.4, -0.2) is 50.0 Å². The summed E-state index contributed by atoms with van der Waals surface area (Å²) in [6.07, 6.45) is 1.55. The van der Waals surface area contributed by atoms with E-state index < -0.39 is 16.1 Å². The molecule has 0 heterocycles. The van der Waals surface area contributed by atoms with Crippen LogP contribution in [0.2, 0.25) is 15.1 Å². The van der Waals surface area contributed by atoms with Crippen molar-refractivity contribution in [3.05, 3.63) is 99.0 Å². The van der Waals surface area contributed by atoms with Crippen LogP contribution in [0, 0.1) is 0 Å². The smallest absolute Gasteiger partial charge is 0.243 e. The molecule has 0 aliphatic rings. The maximum Gasteiger partial charge on any atom is 0.243 e. The summed E-state index contributed by atoms with van der Waals surface area (Å²) in [6, 6.07) is 20.3. The standard InChI is InChI=1S/C30H34Cl3N3O4S/c1-21(2)34-30(38)28(18-22-9-5-4-6-10-22)35(20-23-11-7-12-24(31)17-23)29(37)13-8-16-36(41(3,39)40)27-19-25(32)14-15-26(27)33/h4-7,9-12,14-15,17,19,21,28H,8,13,16,18,20H2,1-3H3,(H,34,38). The number of nitrogens with zero attached hydrogens (tertiary/aromatic N) is 2. The summed E-state index contributed by atoms with van der Waals surface area (Å²) in [5.41, 5.74) is 1.91. The summed E-state index contributed by atoms with van der Waals surface area (Å²) >= 11 is 18.6. The highest BCUT2D eigenvalue weighted by atomic mass is 35.5. The van der Waals surface area contributed by atoms with Gasteiger partial charge in [0.25, 0.3) is 0 Å². The molecular formula is C30H34Cl3N3O4S. The zero-order chi connectivity index (χ0) is 30.2. The molecule has 0 spiro atoms. The average Bonchev–Trinajstić information content (AvgIpc) is 2.89. The van der Waals surface area contributed by atoms with E-state index in [0.717, 1.165) is 21.7 Å². The first-order valence-corrected chi connectivity index (χ1v) is 16.1. The third kappa shape index (κ3) is 9.92. The second-order valence-corrected chi connectivity index (χ2v) is 13.2. The lowest BCUT2D eigenvalue weighted by atomic mass is 10.0. The summed E-state index contributed by atoms with van der Waals surface area (Å²) in [7, 11) is -3.73. The van der Waals surface area contributed by atoms with Gasteiger partial charge in [0.1, 0.15) is 6.04 Å². The molecule has 3 aromatic carbocycles. The molecule has 1 N–H and O–H groups in total. The molecule has 41 heavy (non-hydrogen) atoms. The van der Waals surface area contributed by atoms with Crippen LogP contribution in [0.4, 0.5) is 5.69 Å². The molecule has 220 valence electrons. The second kappa shape index (κ2) is 14.9. The Kier molecular flexibility index (Phi) is 11.9. The fourth-order valence-electron chi connectivity index (χ4n) is 4.43.